The Hall–Kier alpha value is -1.47. The zero-order chi connectivity index (χ0) is 18.7. The van der Waals surface area contributed by atoms with Crippen LogP contribution in [0.5, 0.6) is 0 Å². The average Bonchev–Trinajstić information content (AvgIpc) is 2.52. The molecule has 0 radical (unpaired) electrons. The lowest BCUT2D eigenvalue weighted by Gasteiger charge is -2.57. The first-order chi connectivity index (χ1) is 12.2. The third-order valence-corrected chi connectivity index (χ3v) is 8.81. The molecule has 26 heavy (non-hydrogen) atoms. The number of rotatable bonds is 5. The van der Waals surface area contributed by atoms with Crippen LogP contribution in [-0.4, -0.2) is 31.2 Å². The predicted molar refractivity (Wildman–Crippen MR) is 98.3 cm³/mol. The van der Waals surface area contributed by atoms with Gasteiger partial charge in [0.2, 0.25) is 10.0 Å². The van der Waals surface area contributed by atoms with Gasteiger partial charge in [0.1, 0.15) is 0 Å². The van der Waals surface area contributed by atoms with Crippen molar-refractivity contribution in [1.82, 2.24) is 4.31 Å². The molecular weight excluding hydrogens is 352 g/mol. The molecule has 1 aromatic rings. The Labute approximate surface area is 154 Å². The van der Waals surface area contributed by atoms with Gasteiger partial charge >= 0.3 is 0 Å². The summed E-state index contributed by atoms with van der Waals surface area (Å²) < 4.78 is 27.8. The molecule has 1 aromatic carbocycles. The molecule has 0 N–H and O–H groups in total. The Bertz CT molecular complexity index is 814. The highest BCUT2D eigenvalue weighted by atomic mass is 32.2. The van der Waals surface area contributed by atoms with Crippen molar-refractivity contribution in [3.8, 4) is 0 Å². The second kappa shape index (κ2) is 6.02. The highest BCUT2D eigenvalue weighted by Gasteiger charge is 2.51. The second-order valence-electron chi connectivity index (χ2n) is 8.84. The first-order valence-corrected chi connectivity index (χ1v) is 10.8. The van der Waals surface area contributed by atoms with Gasteiger partial charge in [-0.2, -0.15) is 0 Å². The van der Waals surface area contributed by atoms with E-state index in [4.69, 9.17) is 0 Å². The lowest BCUT2D eigenvalue weighted by Crippen LogP contribution is -2.51. The Balaban J connectivity index is 1.61. The smallest absolute Gasteiger partial charge is 0.258 e. The van der Waals surface area contributed by atoms with E-state index >= 15 is 0 Å². The van der Waals surface area contributed by atoms with E-state index in [2.05, 4.69) is 0 Å². The molecule has 4 fully saturated rings. The summed E-state index contributed by atoms with van der Waals surface area (Å²) in [6.07, 6.45) is 7.35. The molecule has 0 heterocycles. The van der Waals surface area contributed by atoms with Gasteiger partial charge in [-0.15, -0.1) is 0 Å². The van der Waals surface area contributed by atoms with Crippen molar-refractivity contribution in [2.24, 2.45) is 23.2 Å². The minimum Gasteiger partial charge on any atom is -0.258 e. The van der Waals surface area contributed by atoms with E-state index in [-0.39, 0.29) is 21.6 Å². The van der Waals surface area contributed by atoms with Gasteiger partial charge in [-0.25, -0.2) is 12.7 Å². The fourth-order valence-corrected chi connectivity index (χ4v) is 7.81. The van der Waals surface area contributed by atoms with E-state index in [0.29, 0.717) is 6.54 Å². The maximum atomic E-state index is 13.2. The number of sulfonamides is 1. The molecule has 4 aliphatic rings. The van der Waals surface area contributed by atoms with Crippen LogP contribution in [-0.2, 0) is 10.0 Å². The molecule has 0 aliphatic heterocycles. The van der Waals surface area contributed by atoms with Crippen molar-refractivity contribution in [2.75, 3.05) is 13.6 Å². The summed E-state index contributed by atoms with van der Waals surface area (Å²) in [6, 6.07) is 4.29. The van der Waals surface area contributed by atoms with Gasteiger partial charge in [-0.05, 0) is 74.7 Å². The van der Waals surface area contributed by atoms with Crippen LogP contribution in [0.1, 0.15) is 44.1 Å². The Kier molecular flexibility index (Phi) is 4.15. The number of hydrogen-bond donors (Lipinski definition) is 0. The van der Waals surface area contributed by atoms with Crippen LogP contribution in [0.2, 0.25) is 0 Å². The first-order valence-electron chi connectivity index (χ1n) is 9.40. The molecule has 5 rings (SSSR count). The summed E-state index contributed by atoms with van der Waals surface area (Å²) in [5.41, 5.74) is 0.176. The topological polar surface area (TPSA) is 80.5 Å². The van der Waals surface area contributed by atoms with Gasteiger partial charge in [-0.3, -0.25) is 10.1 Å². The summed E-state index contributed by atoms with van der Waals surface area (Å²) in [6.45, 7) is 2.05. The van der Waals surface area contributed by atoms with Crippen LogP contribution < -0.4 is 0 Å². The molecule has 0 atom stereocenters. The largest absolute Gasteiger partial charge is 0.273 e. The highest BCUT2D eigenvalue weighted by Crippen LogP contribution is 2.60. The molecule has 0 saturated heterocycles. The maximum absolute atomic E-state index is 13.2. The fraction of sp³-hybridized carbons (Fsp3) is 0.684. The molecule has 142 valence electrons. The minimum absolute atomic E-state index is 0.0546. The van der Waals surface area contributed by atoms with Crippen molar-refractivity contribution >= 4 is 15.7 Å². The van der Waals surface area contributed by atoms with Crippen LogP contribution in [0.25, 0.3) is 0 Å². The van der Waals surface area contributed by atoms with E-state index in [1.807, 2.05) is 0 Å². The number of nitrogens with zero attached hydrogens (tertiary/aromatic N) is 2. The quantitative estimate of drug-likeness (QED) is 0.577. The summed E-state index contributed by atoms with van der Waals surface area (Å²) in [5.74, 6) is 2.28. The summed E-state index contributed by atoms with van der Waals surface area (Å²) in [7, 11) is -2.11. The molecule has 4 bridgehead atoms. The molecular formula is C19H26N2O4S. The molecule has 7 heteroatoms. The maximum Gasteiger partial charge on any atom is 0.273 e. The lowest BCUT2D eigenvalue weighted by molar-refractivity contribution is -0.385. The Morgan fingerprint density at radius 3 is 2.19 bits per heavy atom. The number of nitro benzene ring substituents is 1. The summed E-state index contributed by atoms with van der Waals surface area (Å²) >= 11 is 0. The third kappa shape index (κ3) is 2.85. The molecule has 0 amide bonds. The monoisotopic (exact) mass is 378 g/mol. The van der Waals surface area contributed by atoms with E-state index in [1.165, 1.54) is 48.7 Å². The predicted octanol–water partition coefficient (Wildman–Crippen LogP) is 3.74. The van der Waals surface area contributed by atoms with E-state index in [9.17, 15) is 18.5 Å². The van der Waals surface area contributed by atoms with Crippen LogP contribution >= 0.6 is 0 Å². The van der Waals surface area contributed by atoms with Gasteiger partial charge in [0.25, 0.3) is 5.69 Å². The van der Waals surface area contributed by atoms with E-state index in [0.717, 1.165) is 37.0 Å². The first kappa shape index (κ1) is 17.9. The molecule has 4 aliphatic carbocycles. The zero-order valence-corrected chi connectivity index (χ0v) is 16.2. The van der Waals surface area contributed by atoms with Gasteiger partial charge in [0.05, 0.1) is 9.82 Å². The zero-order valence-electron chi connectivity index (χ0n) is 15.3. The summed E-state index contributed by atoms with van der Waals surface area (Å²) in [4.78, 5) is 10.7. The molecule has 6 nitrogen and oxygen atoms in total. The number of hydrogen-bond acceptors (Lipinski definition) is 4. The van der Waals surface area contributed by atoms with Gasteiger partial charge in [0, 0.05) is 25.2 Å². The van der Waals surface area contributed by atoms with Crippen molar-refractivity contribution in [3.63, 3.8) is 0 Å². The Morgan fingerprint density at radius 2 is 1.69 bits per heavy atom. The van der Waals surface area contributed by atoms with E-state index in [1.54, 1.807) is 7.05 Å². The van der Waals surface area contributed by atoms with Gasteiger partial charge < -0.3 is 0 Å². The Morgan fingerprint density at radius 1 is 1.15 bits per heavy atom. The minimum atomic E-state index is -3.74. The van der Waals surface area contributed by atoms with Crippen LogP contribution in [0.4, 0.5) is 5.69 Å². The average molecular weight is 378 g/mol. The van der Waals surface area contributed by atoms with Crippen molar-refractivity contribution in [1.29, 1.82) is 0 Å². The molecule has 0 spiro atoms. The second-order valence-corrected chi connectivity index (χ2v) is 10.8. The summed E-state index contributed by atoms with van der Waals surface area (Å²) in [5, 5.41) is 11.2. The van der Waals surface area contributed by atoms with Gasteiger partial charge in [-0.1, -0.05) is 6.07 Å². The standard InChI is InChI=1S/C19H26N2O4S/c1-13-17(21(22)23)4-3-5-18(13)26(24,25)20(2)12-19-9-14-6-15(10-19)8-16(7-14)11-19/h3-5,14-16H,6-12H2,1-2H3. The third-order valence-electron chi connectivity index (χ3n) is 6.86. The fourth-order valence-electron chi connectivity index (χ4n) is 6.29. The van der Waals surface area contributed by atoms with Crippen molar-refractivity contribution in [3.05, 3.63) is 33.9 Å². The van der Waals surface area contributed by atoms with Crippen LogP contribution in [0, 0.1) is 40.2 Å². The number of benzene rings is 1. The highest BCUT2D eigenvalue weighted by molar-refractivity contribution is 7.89. The van der Waals surface area contributed by atoms with Crippen LogP contribution in [0.3, 0.4) is 0 Å². The SMILES string of the molecule is Cc1c([N+](=O)[O-])cccc1S(=O)(=O)N(C)CC12CC3CC(CC(C3)C1)C2. The van der Waals surface area contributed by atoms with Crippen molar-refractivity contribution < 1.29 is 13.3 Å². The van der Waals surface area contributed by atoms with E-state index < -0.39 is 14.9 Å². The molecule has 4 saturated carbocycles. The molecule has 0 aromatic heterocycles. The molecule has 0 unspecified atom stereocenters. The van der Waals surface area contributed by atoms with Crippen LogP contribution in [0.15, 0.2) is 23.1 Å². The lowest BCUT2D eigenvalue weighted by atomic mass is 9.49. The van der Waals surface area contributed by atoms with Crippen molar-refractivity contribution in [2.45, 2.75) is 50.3 Å². The number of nitro groups is 1. The van der Waals surface area contributed by atoms with Gasteiger partial charge in [0.15, 0.2) is 0 Å². The normalized spacial score (nSPS) is 33.0.